The van der Waals surface area contributed by atoms with Crippen molar-refractivity contribution in [3.8, 4) is 0 Å². The summed E-state index contributed by atoms with van der Waals surface area (Å²) in [6, 6.07) is 8.71. The van der Waals surface area contributed by atoms with Crippen molar-refractivity contribution >= 4 is 23.8 Å². The van der Waals surface area contributed by atoms with E-state index in [0.29, 0.717) is 11.1 Å². The van der Waals surface area contributed by atoms with Crippen molar-refractivity contribution < 1.29 is 33.8 Å². The molecule has 0 saturated heterocycles. The fourth-order valence-electron chi connectivity index (χ4n) is 2.85. The molecule has 4 N–H and O–H groups in total. The number of rotatable bonds is 9. The van der Waals surface area contributed by atoms with Gasteiger partial charge < -0.3 is 20.8 Å². The number of amides is 2. The van der Waals surface area contributed by atoms with Crippen LogP contribution in [0.15, 0.2) is 48.5 Å². The van der Waals surface area contributed by atoms with E-state index in [4.69, 9.17) is 5.11 Å². The summed E-state index contributed by atoms with van der Waals surface area (Å²) in [4.78, 5) is 46.7. The highest BCUT2D eigenvalue weighted by Crippen LogP contribution is 2.10. The SMILES string of the molecule is CC(=O)N[C@@H](Cc1cccc(F)c1)C(=O)N[C@H](Cc1ccc(C(=O)O)cc1)C(=O)O. The van der Waals surface area contributed by atoms with Gasteiger partial charge in [0.05, 0.1) is 5.56 Å². The number of benzene rings is 2. The van der Waals surface area contributed by atoms with Gasteiger partial charge in [0, 0.05) is 19.8 Å². The molecule has 2 rings (SSSR count). The van der Waals surface area contributed by atoms with Gasteiger partial charge in [0.2, 0.25) is 11.8 Å². The van der Waals surface area contributed by atoms with Gasteiger partial charge in [0.25, 0.3) is 0 Å². The molecule has 0 fully saturated rings. The van der Waals surface area contributed by atoms with Crippen LogP contribution in [-0.4, -0.2) is 46.0 Å². The van der Waals surface area contributed by atoms with Gasteiger partial charge in [0.15, 0.2) is 0 Å². The summed E-state index contributed by atoms with van der Waals surface area (Å²) in [6.07, 6.45) is -0.115. The van der Waals surface area contributed by atoms with Crippen LogP contribution in [-0.2, 0) is 27.2 Å². The first kappa shape index (κ1) is 22.5. The molecule has 0 aliphatic heterocycles. The monoisotopic (exact) mass is 416 g/mol. The smallest absolute Gasteiger partial charge is 0.335 e. The fraction of sp³-hybridized carbons (Fsp3) is 0.238. The van der Waals surface area contributed by atoms with Gasteiger partial charge in [0.1, 0.15) is 17.9 Å². The summed E-state index contributed by atoms with van der Waals surface area (Å²) in [6.45, 7) is 1.21. The van der Waals surface area contributed by atoms with Gasteiger partial charge in [-0.3, -0.25) is 9.59 Å². The Hall–Kier alpha value is -3.75. The Bertz CT molecular complexity index is 945. The highest BCUT2D eigenvalue weighted by molar-refractivity contribution is 5.90. The first-order valence-electron chi connectivity index (χ1n) is 9.02. The van der Waals surface area contributed by atoms with E-state index in [1.807, 2.05) is 0 Å². The van der Waals surface area contributed by atoms with Gasteiger partial charge in [-0.05, 0) is 35.4 Å². The predicted octanol–water partition coefficient (Wildman–Crippen LogP) is 1.38. The normalized spacial score (nSPS) is 12.5. The van der Waals surface area contributed by atoms with Crippen LogP contribution in [0.2, 0.25) is 0 Å². The van der Waals surface area contributed by atoms with E-state index in [9.17, 15) is 28.7 Å². The van der Waals surface area contributed by atoms with Gasteiger partial charge in [-0.15, -0.1) is 0 Å². The Morgan fingerprint density at radius 3 is 2.07 bits per heavy atom. The van der Waals surface area contributed by atoms with Crippen molar-refractivity contribution in [2.24, 2.45) is 0 Å². The molecule has 8 nitrogen and oxygen atoms in total. The van der Waals surface area contributed by atoms with E-state index < -0.39 is 41.7 Å². The van der Waals surface area contributed by atoms with Gasteiger partial charge in [-0.2, -0.15) is 0 Å². The minimum atomic E-state index is -1.31. The maximum Gasteiger partial charge on any atom is 0.335 e. The lowest BCUT2D eigenvalue weighted by Gasteiger charge is -2.21. The van der Waals surface area contributed by atoms with Crippen molar-refractivity contribution in [3.05, 3.63) is 71.0 Å². The van der Waals surface area contributed by atoms with Crippen molar-refractivity contribution in [1.29, 1.82) is 0 Å². The van der Waals surface area contributed by atoms with E-state index in [2.05, 4.69) is 10.6 Å². The fourth-order valence-corrected chi connectivity index (χ4v) is 2.85. The van der Waals surface area contributed by atoms with Crippen LogP contribution >= 0.6 is 0 Å². The van der Waals surface area contributed by atoms with E-state index in [0.717, 1.165) is 0 Å². The van der Waals surface area contributed by atoms with Gasteiger partial charge in [-0.1, -0.05) is 24.3 Å². The largest absolute Gasteiger partial charge is 0.480 e. The van der Waals surface area contributed by atoms with Crippen molar-refractivity contribution in [1.82, 2.24) is 10.6 Å². The van der Waals surface area contributed by atoms with E-state index >= 15 is 0 Å². The third-order valence-electron chi connectivity index (χ3n) is 4.28. The lowest BCUT2D eigenvalue weighted by atomic mass is 10.0. The average Bonchev–Trinajstić information content (AvgIpc) is 2.67. The van der Waals surface area contributed by atoms with Crippen LogP contribution in [0, 0.1) is 5.82 Å². The molecule has 0 radical (unpaired) electrons. The summed E-state index contributed by atoms with van der Waals surface area (Å²) in [5, 5.41) is 23.2. The van der Waals surface area contributed by atoms with E-state index in [-0.39, 0.29) is 18.4 Å². The number of carboxylic acids is 2. The quantitative estimate of drug-likeness (QED) is 0.488. The summed E-state index contributed by atoms with van der Waals surface area (Å²) >= 11 is 0. The summed E-state index contributed by atoms with van der Waals surface area (Å²) < 4.78 is 13.4. The second-order valence-corrected chi connectivity index (χ2v) is 6.69. The lowest BCUT2D eigenvalue weighted by molar-refractivity contribution is -0.142. The van der Waals surface area contributed by atoms with E-state index in [1.165, 1.54) is 49.4 Å². The molecule has 0 saturated carbocycles. The molecule has 30 heavy (non-hydrogen) atoms. The van der Waals surface area contributed by atoms with Crippen LogP contribution in [0.4, 0.5) is 4.39 Å². The molecule has 9 heteroatoms. The average molecular weight is 416 g/mol. The zero-order valence-corrected chi connectivity index (χ0v) is 16.1. The maximum atomic E-state index is 13.4. The minimum absolute atomic E-state index is 0.0250. The molecule has 2 amide bonds. The van der Waals surface area contributed by atoms with Crippen LogP contribution in [0.1, 0.15) is 28.4 Å². The predicted molar refractivity (Wildman–Crippen MR) is 104 cm³/mol. The zero-order chi connectivity index (χ0) is 22.3. The lowest BCUT2D eigenvalue weighted by Crippen LogP contribution is -2.52. The molecule has 0 heterocycles. The number of aliphatic carboxylic acids is 1. The van der Waals surface area contributed by atoms with Crippen LogP contribution in [0.5, 0.6) is 0 Å². The maximum absolute atomic E-state index is 13.4. The number of halogens is 1. The van der Waals surface area contributed by atoms with Crippen molar-refractivity contribution in [2.45, 2.75) is 31.8 Å². The third-order valence-corrected chi connectivity index (χ3v) is 4.28. The molecule has 0 bridgehead atoms. The molecule has 0 unspecified atom stereocenters. The molecule has 2 aromatic carbocycles. The first-order valence-corrected chi connectivity index (χ1v) is 9.02. The second kappa shape index (κ2) is 10.1. The van der Waals surface area contributed by atoms with Crippen LogP contribution in [0.3, 0.4) is 0 Å². The number of hydrogen-bond acceptors (Lipinski definition) is 4. The number of carbonyl (C=O) groups is 4. The molecule has 0 aliphatic carbocycles. The summed E-state index contributed by atoms with van der Waals surface area (Å²) in [7, 11) is 0. The Morgan fingerprint density at radius 1 is 0.900 bits per heavy atom. The highest BCUT2D eigenvalue weighted by atomic mass is 19.1. The molecule has 0 aromatic heterocycles. The number of aromatic carboxylic acids is 1. The van der Waals surface area contributed by atoms with Crippen LogP contribution < -0.4 is 10.6 Å². The zero-order valence-electron chi connectivity index (χ0n) is 16.1. The number of hydrogen-bond donors (Lipinski definition) is 4. The Balaban J connectivity index is 2.13. The number of nitrogens with one attached hydrogen (secondary N) is 2. The summed E-state index contributed by atoms with van der Waals surface area (Å²) in [5.74, 6) is -4.13. The minimum Gasteiger partial charge on any atom is -0.480 e. The van der Waals surface area contributed by atoms with Crippen LogP contribution in [0.25, 0.3) is 0 Å². The third kappa shape index (κ3) is 6.69. The molecular weight excluding hydrogens is 395 g/mol. The highest BCUT2D eigenvalue weighted by Gasteiger charge is 2.26. The molecule has 2 atom stereocenters. The molecule has 2 aromatic rings. The molecular formula is C21H21FN2O6. The molecule has 0 spiro atoms. The Morgan fingerprint density at radius 2 is 1.53 bits per heavy atom. The van der Waals surface area contributed by atoms with Gasteiger partial charge >= 0.3 is 11.9 Å². The second-order valence-electron chi connectivity index (χ2n) is 6.69. The Kier molecular flexibility index (Phi) is 7.62. The summed E-state index contributed by atoms with van der Waals surface area (Å²) in [5.41, 5.74) is 1.02. The Labute approximate surface area is 171 Å². The molecule has 158 valence electrons. The van der Waals surface area contributed by atoms with Gasteiger partial charge in [-0.25, -0.2) is 14.0 Å². The topological polar surface area (TPSA) is 133 Å². The van der Waals surface area contributed by atoms with Crippen molar-refractivity contribution in [2.75, 3.05) is 0 Å². The molecule has 0 aliphatic rings. The first-order chi connectivity index (χ1) is 14.2. The van der Waals surface area contributed by atoms with E-state index in [1.54, 1.807) is 6.07 Å². The number of carboxylic acid groups (broad SMARTS) is 2. The standard InChI is InChI=1S/C21H21FN2O6/c1-12(25)23-17(11-14-3-2-4-16(22)9-14)19(26)24-18(21(29)30)10-13-5-7-15(8-6-13)20(27)28/h2-9,17-18H,10-11H2,1H3,(H,23,25)(H,24,26)(H,27,28)(H,29,30)/t17-,18+/m0/s1. The number of carbonyl (C=O) groups excluding carboxylic acids is 2. The van der Waals surface area contributed by atoms with Crippen molar-refractivity contribution in [3.63, 3.8) is 0 Å².